The number of hydrogen-bond donors (Lipinski definition) is 1. The molecule has 118 valence electrons. The van der Waals surface area contributed by atoms with E-state index >= 15 is 0 Å². The average Bonchev–Trinajstić information content (AvgIpc) is 2.38. The molecule has 21 heavy (non-hydrogen) atoms. The molecule has 0 aliphatic carbocycles. The number of carbonyl (C=O) groups is 1. The summed E-state index contributed by atoms with van der Waals surface area (Å²) < 4.78 is 23.2. The first-order valence-electron chi connectivity index (χ1n) is 6.80. The molecule has 0 amide bonds. The van der Waals surface area contributed by atoms with Crippen molar-refractivity contribution in [3.05, 3.63) is 29.6 Å². The Morgan fingerprint density at radius 2 is 2.19 bits per heavy atom. The summed E-state index contributed by atoms with van der Waals surface area (Å²) in [5.74, 6) is -0.645. The van der Waals surface area contributed by atoms with Gasteiger partial charge in [0.15, 0.2) is 11.6 Å². The highest BCUT2D eigenvalue weighted by Gasteiger charge is 2.14. The number of methoxy groups -OCH3 is 1. The Morgan fingerprint density at radius 1 is 1.48 bits per heavy atom. The summed E-state index contributed by atoms with van der Waals surface area (Å²) in [7, 11) is 3.20. The first kappa shape index (κ1) is 17.4. The number of benzene rings is 1. The van der Waals surface area contributed by atoms with Crippen LogP contribution in [-0.4, -0.2) is 49.4 Å². The highest BCUT2D eigenvalue weighted by atomic mass is 19.1. The Labute approximate surface area is 124 Å². The molecule has 0 saturated heterocycles. The molecule has 0 bridgehead atoms. The van der Waals surface area contributed by atoms with Crippen molar-refractivity contribution >= 4 is 5.97 Å². The molecule has 0 aliphatic rings. The van der Waals surface area contributed by atoms with Crippen LogP contribution in [0.25, 0.3) is 0 Å². The zero-order chi connectivity index (χ0) is 15.8. The number of nitrogens with zero attached hydrogens (tertiary/aromatic N) is 1. The number of ether oxygens (including phenoxy) is 2. The highest BCUT2D eigenvalue weighted by molar-refractivity contribution is 5.69. The molecule has 6 heteroatoms. The number of esters is 1. The minimum absolute atomic E-state index is 0.0465. The third-order valence-corrected chi connectivity index (χ3v) is 2.90. The predicted molar refractivity (Wildman–Crippen MR) is 76.5 cm³/mol. The van der Waals surface area contributed by atoms with Gasteiger partial charge in [-0.25, -0.2) is 4.39 Å². The van der Waals surface area contributed by atoms with Gasteiger partial charge < -0.3 is 14.6 Å². The maximum atomic E-state index is 13.6. The van der Waals surface area contributed by atoms with Gasteiger partial charge in [0.2, 0.25) is 0 Å². The van der Waals surface area contributed by atoms with Gasteiger partial charge in [-0.15, -0.1) is 0 Å². The van der Waals surface area contributed by atoms with E-state index in [1.54, 1.807) is 26.1 Å². The Hall–Kier alpha value is -1.66. The van der Waals surface area contributed by atoms with E-state index < -0.39 is 17.9 Å². The molecule has 1 N–H and O–H groups in total. The van der Waals surface area contributed by atoms with E-state index in [1.807, 2.05) is 4.90 Å². The van der Waals surface area contributed by atoms with Crippen molar-refractivity contribution in [3.63, 3.8) is 0 Å². The number of halogens is 1. The number of carbonyl (C=O) groups excluding carboxylic acids is 1. The van der Waals surface area contributed by atoms with E-state index in [4.69, 9.17) is 9.47 Å². The molecular weight excluding hydrogens is 277 g/mol. The van der Waals surface area contributed by atoms with E-state index in [-0.39, 0.29) is 12.2 Å². The lowest BCUT2D eigenvalue weighted by atomic mass is 10.2. The van der Waals surface area contributed by atoms with Gasteiger partial charge in [-0.2, -0.15) is 0 Å². The predicted octanol–water partition coefficient (Wildman–Crippen LogP) is 1.58. The summed E-state index contributed by atoms with van der Waals surface area (Å²) in [6.07, 6.45) is -0.855. The van der Waals surface area contributed by atoms with Crippen LogP contribution in [0.3, 0.4) is 0 Å². The molecule has 5 nitrogen and oxygen atoms in total. The number of hydrogen-bond acceptors (Lipinski definition) is 5. The molecular formula is C15H22FNO4. The van der Waals surface area contributed by atoms with Gasteiger partial charge in [0.25, 0.3) is 0 Å². The molecule has 1 atom stereocenters. The van der Waals surface area contributed by atoms with Crippen molar-refractivity contribution < 1.29 is 23.8 Å². The summed E-state index contributed by atoms with van der Waals surface area (Å²) in [6.45, 7) is 2.77. The van der Waals surface area contributed by atoms with Crippen LogP contribution in [0.5, 0.6) is 5.75 Å². The zero-order valence-electron chi connectivity index (χ0n) is 12.6. The van der Waals surface area contributed by atoms with Crippen LogP contribution >= 0.6 is 0 Å². The number of aliphatic hydroxyl groups excluding tert-OH is 1. The summed E-state index contributed by atoms with van der Waals surface area (Å²) >= 11 is 0. The molecule has 0 radical (unpaired) electrons. The van der Waals surface area contributed by atoms with Crippen LogP contribution < -0.4 is 4.74 Å². The van der Waals surface area contributed by atoms with E-state index in [2.05, 4.69) is 0 Å². The molecule has 1 rings (SSSR count). The quantitative estimate of drug-likeness (QED) is 0.739. The van der Waals surface area contributed by atoms with Crippen molar-refractivity contribution in [1.29, 1.82) is 0 Å². The smallest absolute Gasteiger partial charge is 0.308 e. The first-order valence-corrected chi connectivity index (χ1v) is 6.80. The van der Waals surface area contributed by atoms with Crippen molar-refractivity contribution in [1.82, 2.24) is 4.90 Å². The van der Waals surface area contributed by atoms with E-state index in [0.29, 0.717) is 19.7 Å². The van der Waals surface area contributed by atoms with Crippen LogP contribution in [0, 0.1) is 5.82 Å². The maximum absolute atomic E-state index is 13.6. The molecule has 0 spiro atoms. The van der Waals surface area contributed by atoms with Crippen molar-refractivity contribution in [3.8, 4) is 5.75 Å². The van der Waals surface area contributed by atoms with Crippen molar-refractivity contribution in [2.24, 2.45) is 0 Å². The van der Waals surface area contributed by atoms with E-state index in [9.17, 15) is 14.3 Å². The van der Waals surface area contributed by atoms with Gasteiger partial charge in [0.1, 0.15) is 0 Å². The van der Waals surface area contributed by atoms with Gasteiger partial charge in [-0.1, -0.05) is 6.07 Å². The normalized spacial score (nSPS) is 12.3. The van der Waals surface area contributed by atoms with Crippen molar-refractivity contribution in [2.45, 2.75) is 26.0 Å². The topological polar surface area (TPSA) is 59.0 Å². The lowest BCUT2D eigenvalue weighted by molar-refractivity contribution is -0.145. The lowest BCUT2D eigenvalue weighted by Gasteiger charge is -2.20. The molecule has 1 aromatic carbocycles. The SMILES string of the molecule is CCOC(=O)CC(O)CN(C)Cc1ccc(OC)c(F)c1. The van der Waals surface area contributed by atoms with Crippen LogP contribution in [0.15, 0.2) is 18.2 Å². The second kappa shape index (κ2) is 8.59. The fourth-order valence-corrected chi connectivity index (χ4v) is 2.02. The van der Waals surface area contributed by atoms with Gasteiger partial charge in [0.05, 0.1) is 26.2 Å². The Bertz CT molecular complexity index is 467. The van der Waals surface area contributed by atoms with Gasteiger partial charge in [0, 0.05) is 13.1 Å². The maximum Gasteiger partial charge on any atom is 0.308 e. The van der Waals surface area contributed by atoms with Gasteiger partial charge >= 0.3 is 5.97 Å². The summed E-state index contributed by atoms with van der Waals surface area (Å²) in [5, 5.41) is 9.79. The monoisotopic (exact) mass is 299 g/mol. The van der Waals surface area contributed by atoms with Crippen LogP contribution in [-0.2, 0) is 16.1 Å². The third kappa shape index (κ3) is 6.10. The average molecular weight is 299 g/mol. The number of likely N-dealkylation sites (N-methyl/N-ethyl adjacent to an activating group) is 1. The van der Waals surface area contributed by atoms with Gasteiger partial charge in [-0.05, 0) is 31.7 Å². The largest absolute Gasteiger partial charge is 0.494 e. The molecule has 0 heterocycles. The van der Waals surface area contributed by atoms with Crippen LogP contribution in [0.2, 0.25) is 0 Å². The number of rotatable bonds is 8. The Balaban J connectivity index is 2.47. The van der Waals surface area contributed by atoms with E-state index in [1.165, 1.54) is 13.2 Å². The lowest BCUT2D eigenvalue weighted by Crippen LogP contribution is -2.30. The van der Waals surface area contributed by atoms with Crippen molar-refractivity contribution in [2.75, 3.05) is 27.3 Å². The first-order chi connectivity index (χ1) is 9.96. The molecule has 0 fully saturated rings. The minimum Gasteiger partial charge on any atom is -0.494 e. The van der Waals surface area contributed by atoms with Crippen LogP contribution in [0.4, 0.5) is 4.39 Å². The second-order valence-electron chi connectivity index (χ2n) is 4.83. The standard InChI is InChI=1S/C15H22FNO4/c1-4-21-15(19)8-12(18)10-17(2)9-11-5-6-14(20-3)13(16)7-11/h5-7,12,18H,4,8-10H2,1-3H3. The van der Waals surface area contributed by atoms with E-state index in [0.717, 1.165) is 5.56 Å². The molecule has 1 aromatic rings. The fourth-order valence-electron chi connectivity index (χ4n) is 2.02. The molecule has 0 saturated carbocycles. The molecule has 0 aromatic heterocycles. The minimum atomic E-state index is -0.808. The Kier molecular flexibility index (Phi) is 7.11. The number of aliphatic hydroxyl groups is 1. The summed E-state index contributed by atoms with van der Waals surface area (Å²) in [5.41, 5.74) is 0.763. The van der Waals surface area contributed by atoms with Crippen LogP contribution in [0.1, 0.15) is 18.9 Å². The summed E-state index contributed by atoms with van der Waals surface area (Å²) in [4.78, 5) is 13.1. The summed E-state index contributed by atoms with van der Waals surface area (Å²) in [6, 6.07) is 4.72. The highest BCUT2D eigenvalue weighted by Crippen LogP contribution is 2.18. The molecule has 0 aliphatic heterocycles. The molecule has 1 unspecified atom stereocenters. The second-order valence-corrected chi connectivity index (χ2v) is 4.83. The third-order valence-electron chi connectivity index (χ3n) is 2.90. The Morgan fingerprint density at radius 3 is 2.76 bits per heavy atom. The zero-order valence-corrected chi connectivity index (χ0v) is 12.6. The fraction of sp³-hybridized carbons (Fsp3) is 0.533. The van der Waals surface area contributed by atoms with Gasteiger partial charge in [-0.3, -0.25) is 9.69 Å².